The molecule has 20 heavy (non-hydrogen) atoms. The van der Waals surface area contributed by atoms with Crippen molar-refractivity contribution in [3.8, 4) is 0 Å². The van der Waals surface area contributed by atoms with Gasteiger partial charge in [0.15, 0.2) is 0 Å². The lowest BCUT2D eigenvalue weighted by Gasteiger charge is -2.33. The van der Waals surface area contributed by atoms with Gasteiger partial charge in [-0.3, -0.25) is 0 Å². The number of nitrogens with two attached hydrogens (primary N) is 1. The maximum absolute atomic E-state index is 6.37. The van der Waals surface area contributed by atoms with Crippen LogP contribution in [0.15, 0.2) is 4.52 Å². The van der Waals surface area contributed by atoms with E-state index < -0.39 is 11.1 Å². The molecule has 0 unspecified atom stereocenters. The molecule has 2 aliphatic rings. The highest BCUT2D eigenvalue weighted by Crippen LogP contribution is 2.35. The van der Waals surface area contributed by atoms with Crippen LogP contribution in [0.4, 0.5) is 0 Å². The molecule has 2 aliphatic heterocycles. The van der Waals surface area contributed by atoms with Crippen LogP contribution in [0.25, 0.3) is 0 Å². The SMILES string of the molecule is COC1(c2noc(C3(N)CCOCC3)n2)CCOCC1. The van der Waals surface area contributed by atoms with E-state index in [-0.39, 0.29) is 0 Å². The third-order valence-electron chi connectivity index (χ3n) is 4.34. The Morgan fingerprint density at radius 1 is 1.05 bits per heavy atom. The summed E-state index contributed by atoms with van der Waals surface area (Å²) in [5, 5.41) is 4.12. The lowest BCUT2D eigenvalue weighted by molar-refractivity contribution is -0.101. The van der Waals surface area contributed by atoms with Crippen LogP contribution in [0.2, 0.25) is 0 Å². The van der Waals surface area contributed by atoms with Crippen molar-refractivity contribution in [2.24, 2.45) is 5.73 Å². The number of rotatable bonds is 3. The minimum Gasteiger partial charge on any atom is -0.381 e. The molecule has 0 bridgehead atoms. The highest BCUT2D eigenvalue weighted by molar-refractivity contribution is 5.09. The van der Waals surface area contributed by atoms with E-state index in [9.17, 15) is 0 Å². The third-order valence-corrected chi connectivity index (χ3v) is 4.34. The van der Waals surface area contributed by atoms with Crippen LogP contribution in [0, 0.1) is 0 Å². The number of methoxy groups -OCH3 is 1. The van der Waals surface area contributed by atoms with Gasteiger partial charge in [-0.05, 0) is 12.8 Å². The van der Waals surface area contributed by atoms with E-state index in [0.717, 1.165) is 12.8 Å². The molecule has 1 aromatic heterocycles. The molecule has 0 saturated carbocycles. The molecule has 1 aromatic rings. The van der Waals surface area contributed by atoms with Gasteiger partial charge in [0, 0.05) is 46.4 Å². The van der Waals surface area contributed by atoms with Crippen LogP contribution in [-0.2, 0) is 25.4 Å². The second kappa shape index (κ2) is 5.40. The monoisotopic (exact) mass is 283 g/mol. The van der Waals surface area contributed by atoms with Crippen molar-refractivity contribution in [3.63, 3.8) is 0 Å². The summed E-state index contributed by atoms with van der Waals surface area (Å²) in [5.41, 5.74) is 5.27. The van der Waals surface area contributed by atoms with Crippen LogP contribution in [0.1, 0.15) is 37.4 Å². The van der Waals surface area contributed by atoms with Gasteiger partial charge in [-0.25, -0.2) is 0 Å². The first kappa shape index (κ1) is 13.9. The van der Waals surface area contributed by atoms with Gasteiger partial charge in [-0.2, -0.15) is 4.98 Å². The Morgan fingerprint density at radius 2 is 1.65 bits per heavy atom. The van der Waals surface area contributed by atoms with E-state index in [2.05, 4.69) is 10.1 Å². The van der Waals surface area contributed by atoms with Gasteiger partial charge in [0.05, 0.1) is 0 Å². The van der Waals surface area contributed by atoms with Crippen molar-refractivity contribution in [3.05, 3.63) is 11.7 Å². The number of hydrogen-bond donors (Lipinski definition) is 1. The van der Waals surface area contributed by atoms with Crippen LogP contribution in [-0.4, -0.2) is 43.7 Å². The Kier molecular flexibility index (Phi) is 3.76. The van der Waals surface area contributed by atoms with E-state index in [1.165, 1.54) is 0 Å². The molecule has 0 aliphatic carbocycles. The Hall–Kier alpha value is -1.02. The van der Waals surface area contributed by atoms with E-state index >= 15 is 0 Å². The molecule has 7 nitrogen and oxygen atoms in total. The second-order valence-corrected chi connectivity index (χ2v) is 5.50. The summed E-state index contributed by atoms with van der Waals surface area (Å²) < 4.78 is 21.8. The van der Waals surface area contributed by atoms with Crippen LogP contribution in [0.5, 0.6) is 0 Å². The molecule has 112 valence electrons. The van der Waals surface area contributed by atoms with E-state index in [1.807, 2.05) is 0 Å². The first-order chi connectivity index (χ1) is 9.69. The molecular formula is C13H21N3O4. The van der Waals surface area contributed by atoms with Gasteiger partial charge in [-0.15, -0.1) is 0 Å². The fourth-order valence-corrected chi connectivity index (χ4v) is 2.78. The molecule has 0 amide bonds. The van der Waals surface area contributed by atoms with Gasteiger partial charge < -0.3 is 24.5 Å². The molecule has 0 atom stereocenters. The Bertz CT molecular complexity index is 450. The van der Waals surface area contributed by atoms with Gasteiger partial charge >= 0.3 is 0 Å². The molecule has 0 radical (unpaired) electrons. The maximum Gasteiger partial charge on any atom is 0.247 e. The van der Waals surface area contributed by atoms with Crippen molar-refractivity contribution in [2.45, 2.75) is 36.8 Å². The predicted molar refractivity (Wildman–Crippen MR) is 69.0 cm³/mol. The van der Waals surface area contributed by atoms with Crippen LogP contribution >= 0.6 is 0 Å². The molecule has 3 heterocycles. The third kappa shape index (κ3) is 2.35. The standard InChI is InChI=1S/C13H21N3O4/c1-17-13(4-8-19-9-5-13)10-15-11(20-16-10)12(14)2-6-18-7-3-12/h2-9,14H2,1H3. The van der Waals surface area contributed by atoms with Crippen LogP contribution in [0.3, 0.4) is 0 Å². The fraction of sp³-hybridized carbons (Fsp3) is 0.846. The smallest absolute Gasteiger partial charge is 0.247 e. The Labute approximate surface area is 117 Å². The highest BCUT2D eigenvalue weighted by Gasteiger charge is 2.42. The zero-order valence-electron chi connectivity index (χ0n) is 11.8. The highest BCUT2D eigenvalue weighted by atomic mass is 16.5. The molecule has 2 N–H and O–H groups in total. The normalized spacial score (nSPS) is 25.5. The first-order valence-corrected chi connectivity index (χ1v) is 7.03. The van der Waals surface area contributed by atoms with E-state index in [0.29, 0.717) is 51.0 Å². The molecule has 3 rings (SSSR count). The topological polar surface area (TPSA) is 92.6 Å². The molecule has 0 spiro atoms. The molecule has 2 fully saturated rings. The lowest BCUT2D eigenvalue weighted by atomic mass is 9.90. The Balaban J connectivity index is 1.85. The van der Waals surface area contributed by atoms with Crippen LogP contribution < -0.4 is 5.73 Å². The number of nitrogens with zero attached hydrogens (tertiary/aromatic N) is 2. The van der Waals surface area contributed by atoms with Crippen molar-refractivity contribution in [1.82, 2.24) is 10.1 Å². The molecule has 7 heteroatoms. The van der Waals surface area contributed by atoms with E-state index in [4.69, 9.17) is 24.5 Å². The zero-order chi connectivity index (χ0) is 14.1. The van der Waals surface area contributed by atoms with Gasteiger partial charge in [-0.1, -0.05) is 5.16 Å². The molecule has 2 saturated heterocycles. The summed E-state index contributed by atoms with van der Waals surface area (Å²) in [6.45, 7) is 2.52. The largest absolute Gasteiger partial charge is 0.381 e. The summed E-state index contributed by atoms with van der Waals surface area (Å²) in [6, 6.07) is 0. The maximum atomic E-state index is 6.37. The lowest BCUT2D eigenvalue weighted by Crippen LogP contribution is -2.43. The van der Waals surface area contributed by atoms with Gasteiger partial charge in [0.2, 0.25) is 11.7 Å². The summed E-state index contributed by atoms with van der Waals surface area (Å²) in [4.78, 5) is 4.53. The quantitative estimate of drug-likeness (QED) is 0.872. The summed E-state index contributed by atoms with van der Waals surface area (Å²) in [5.74, 6) is 1.06. The van der Waals surface area contributed by atoms with Gasteiger partial charge in [0.25, 0.3) is 0 Å². The predicted octanol–water partition coefficient (Wildman–Crippen LogP) is 0.686. The van der Waals surface area contributed by atoms with E-state index in [1.54, 1.807) is 7.11 Å². The second-order valence-electron chi connectivity index (χ2n) is 5.50. The minimum atomic E-state index is -0.580. The summed E-state index contributed by atoms with van der Waals surface area (Å²) >= 11 is 0. The number of ether oxygens (including phenoxy) is 3. The van der Waals surface area contributed by atoms with Crippen molar-refractivity contribution in [2.75, 3.05) is 33.5 Å². The average Bonchev–Trinajstić information content (AvgIpc) is 3.00. The average molecular weight is 283 g/mol. The van der Waals surface area contributed by atoms with Crippen molar-refractivity contribution >= 4 is 0 Å². The zero-order valence-corrected chi connectivity index (χ0v) is 11.8. The summed E-state index contributed by atoms with van der Waals surface area (Å²) in [6.07, 6.45) is 2.84. The Morgan fingerprint density at radius 3 is 2.25 bits per heavy atom. The van der Waals surface area contributed by atoms with Gasteiger partial charge in [0.1, 0.15) is 11.1 Å². The number of aromatic nitrogens is 2. The minimum absolute atomic E-state index is 0.485. The molecular weight excluding hydrogens is 262 g/mol. The fourth-order valence-electron chi connectivity index (χ4n) is 2.78. The number of hydrogen-bond acceptors (Lipinski definition) is 7. The van der Waals surface area contributed by atoms with Crippen molar-refractivity contribution < 1.29 is 18.7 Å². The molecule has 0 aromatic carbocycles. The summed E-state index contributed by atoms with van der Waals surface area (Å²) in [7, 11) is 1.67. The van der Waals surface area contributed by atoms with Crippen molar-refractivity contribution in [1.29, 1.82) is 0 Å². The first-order valence-electron chi connectivity index (χ1n) is 7.03.